The van der Waals surface area contributed by atoms with E-state index in [1.54, 1.807) is 12.1 Å². The molecular weight excluding hydrogens is 395 g/mol. The fourth-order valence-electron chi connectivity index (χ4n) is 5.79. The number of fused-ring (bicyclic) bond motifs is 3. The van der Waals surface area contributed by atoms with Gasteiger partial charge in [0, 0.05) is 41.4 Å². The summed E-state index contributed by atoms with van der Waals surface area (Å²) in [6, 6.07) is 10.6. The maximum Gasteiger partial charge on any atom is 0.162 e. The molecule has 158 valence electrons. The van der Waals surface area contributed by atoms with Crippen LogP contribution in [0.1, 0.15) is 59.5 Å². The quantitative estimate of drug-likeness (QED) is 0.659. The van der Waals surface area contributed by atoms with E-state index in [1.807, 2.05) is 11.8 Å². The molecule has 1 N–H and O–H groups in total. The van der Waals surface area contributed by atoms with Gasteiger partial charge in [-0.15, -0.1) is 11.8 Å². The number of ketones is 1. The SMILES string of the molecule is Cc1ccc2c3c1SCCCN3C1(CCCC(=O)c3ccc(F)cc3)CCNCC21. The van der Waals surface area contributed by atoms with E-state index in [1.165, 1.54) is 46.0 Å². The molecule has 3 heterocycles. The molecule has 0 bridgehead atoms. The van der Waals surface area contributed by atoms with Gasteiger partial charge in [0.1, 0.15) is 5.82 Å². The molecule has 1 saturated heterocycles. The topological polar surface area (TPSA) is 32.3 Å². The Hall–Kier alpha value is -1.85. The molecule has 0 radical (unpaired) electrons. The van der Waals surface area contributed by atoms with E-state index >= 15 is 0 Å². The van der Waals surface area contributed by atoms with Crippen molar-refractivity contribution in [3.05, 3.63) is 58.9 Å². The zero-order valence-electron chi connectivity index (χ0n) is 17.5. The number of aryl methyl sites for hydroxylation is 1. The molecule has 5 rings (SSSR count). The summed E-state index contributed by atoms with van der Waals surface area (Å²) in [4.78, 5) is 16.9. The number of carbonyl (C=O) groups is 1. The van der Waals surface area contributed by atoms with Gasteiger partial charge in [0.25, 0.3) is 0 Å². The summed E-state index contributed by atoms with van der Waals surface area (Å²) < 4.78 is 13.2. The zero-order chi connectivity index (χ0) is 20.7. The van der Waals surface area contributed by atoms with Crippen LogP contribution in [0.15, 0.2) is 41.3 Å². The number of halogens is 1. The Kier molecular flexibility index (Phi) is 5.36. The lowest BCUT2D eigenvalue weighted by Crippen LogP contribution is -2.56. The highest BCUT2D eigenvalue weighted by Gasteiger charge is 2.52. The van der Waals surface area contributed by atoms with E-state index in [0.717, 1.165) is 38.9 Å². The number of anilines is 1. The molecule has 0 aliphatic carbocycles. The molecule has 2 atom stereocenters. The molecule has 30 heavy (non-hydrogen) atoms. The van der Waals surface area contributed by atoms with Crippen LogP contribution in [0.5, 0.6) is 0 Å². The molecule has 0 amide bonds. The zero-order valence-corrected chi connectivity index (χ0v) is 18.4. The van der Waals surface area contributed by atoms with E-state index in [0.29, 0.717) is 17.9 Å². The Morgan fingerprint density at radius 2 is 2.10 bits per heavy atom. The largest absolute Gasteiger partial charge is 0.364 e. The van der Waals surface area contributed by atoms with Gasteiger partial charge in [-0.1, -0.05) is 12.1 Å². The number of benzene rings is 2. The van der Waals surface area contributed by atoms with Crippen LogP contribution in [0.25, 0.3) is 0 Å². The Bertz CT molecular complexity index is 960. The summed E-state index contributed by atoms with van der Waals surface area (Å²) >= 11 is 2.02. The monoisotopic (exact) mass is 424 g/mol. The van der Waals surface area contributed by atoms with E-state index < -0.39 is 0 Å². The summed E-state index contributed by atoms with van der Waals surface area (Å²) in [5.74, 6) is 1.49. The predicted octanol–water partition coefficient (Wildman–Crippen LogP) is 5.32. The smallest absolute Gasteiger partial charge is 0.162 e. The Morgan fingerprint density at radius 1 is 1.27 bits per heavy atom. The second-order valence-corrected chi connectivity index (χ2v) is 10.0. The van der Waals surface area contributed by atoms with Gasteiger partial charge in [-0.05, 0) is 80.3 Å². The normalized spacial score (nSPS) is 24.9. The van der Waals surface area contributed by atoms with Crippen LogP contribution in [-0.2, 0) is 0 Å². The fraction of sp³-hybridized carbons (Fsp3) is 0.480. The van der Waals surface area contributed by atoms with Crippen LogP contribution < -0.4 is 10.2 Å². The lowest BCUT2D eigenvalue weighted by molar-refractivity contribution is 0.0974. The molecule has 1 fully saturated rings. The minimum Gasteiger partial charge on any atom is -0.364 e. The van der Waals surface area contributed by atoms with Crippen LogP contribution >= 0.6 is 11.8 Å². The molecule has 0 aromatic heterocycles. The Morgan fingerprint density at radius 3 is 2.93 bits per heavy atom. The lowest BCUT2D eigenvalue weighted by atomic mass is 9.73. The number of rotatable bonds is 5. The van der Waals surface area contributed by atoms with Crippen LogP contribution in [0.3, 0.4) is 0 Å². The van der Waals surface area contributed by atoms with Crippen LogP contribution in [0.2, 0.25) is 0 Å². The van der Waals surface area contributed by atoms with Crippen molar-refractivity contribution in [2.24, 2.45) is 0 Å². The van der Waals surface area contributed by atoms with Gasteiger partial charge < -0.3 is 10.2 Å². The maximum atomic E-state index is 13.2. The molecule has 0 saturated carbocycles. The van der Waals surface area contributed by atoms with Crippen LogP contribution in [0, 0.1) is 12.7 Å². The van der Waals surface area contributed by atoms with Crippen molar-refractivity contribution in [2.45, 2.75) is 55.4 Å². The summed E-state index contributed by atoms with van der Waals surface area (Å²) in [6.07, 6.45) is 4.76. The molecule has 2 unspecified atom stereocenters. The molecule has 2 aromatic rings. The molecule has 2 aromatic carbocycles. The number of carbonyl (C=O) groups excluding carboxylic acids is 1. The van der Waals surface area contributed by atoms with Crippen molar-refractivity contribution in [1.29, 1.82) is 0 Å². The van der Waals surface area contributed by atoms with Crippen LogP contribution in [-0.4, -0.2) is 36.7 Å². The summed E-state index contributed by atoms with van der Waals surface area (Å²) in [5, 5.41) is 3.63. The molecule has 3 aliphatic heterocycles. The van der Waals surface area contributed by atoms with E-state index in [4.69, 9.17) is 0 Å². The average molecular weight is 425 g/mol. The summed E-state index contributed by atoms with van der Waals surface area (Å²) in [6.45, 7) is 5.40. The van der Waals surface area contributed by atoms with E-state index in [9.17, 15) is 9.18 Å². The van der Waals surface area contributed by atoms with Crippen molar-refractivity contribution >= 4 is 23.2 Å². The number of hydrogen-bond donors (Lipinski definition) is 1. The van der Waals surface area contributed by atoms with Gasteiger partial charge in [0.2, 0.25) is 0 Å². The van der Waals surface area contributed by atoms with E-state index in [-0.39, 0.29) is 17.1 Å². The van der Waals surface area contributed by atoms with E-state index in [2.05, 4.69) is 29.3 Å². The highest BCUT2D eigenvalue weighted by Crippen LogP contribution is 2.57. The number of hydrogen-bond acceptors (Lipinski definition) is 4. The number of piperidine rings is 1. The van der Waals surface area contributed by atoms with Gasteiger partial charge in [0.05, 0.1) is 5.69 Å². The highest BCUT2D eigenvalue weighted by atomic mass is 32.2. The van der Waals surface area contributed by atoms with Gasteiger partial charge in [-0.25, -0.2) is 4.39 Å². The van der Waals surface area contributed by atoms with Crippen molar-refractivity contribution in [1.82, 2.24) is 5.32 Å². The first kappa shape index (κ1) is 20.1. The minimum atomic E-state index is -0.295. The number of Topliss-reactive ketones (excluding diaryl/α,β-unsaturated/α-hetero) is 1. The first-order chi connectivity index (χ1) is 14.6. The third-order valence-corrected chi connectivity index (χ3v) is 8.52. The first-order valence-corrected chi connectivity index (χ1v) is 12.1. The standard InChI is InChI=1S/C25H29FN2OS/c1-17-5-10-20-21-16-27-13-12-25(21,28-14-3-15-30-24(17)23(20)28)11-2-4-22(29)18-6-8-19(26)9-7-18/h5-10,21,27H,2-4,11-16H2,1H3. The average Bonchev–Trinajstić information content (AvgIpc) is 2.88. The van der Waals surface area contributed by atoms with Crippen molar-refractivity contribution in [3.8, 4) is 0 Å². The van der Waals surface area contributed by atoms with Gasteiger partial charge in [-0.2, -0.15) is 0 Å². The molecule has 3 aliphatic rings. The number of nitrogens with zero attached hydrogens (tertiary/aromatic N) is 1. The second kappa shape index (κ2) is 8.01. The summed E-state index contributed by atoms with van der Waals surface area (Å²) in [7, 11) is 0. The third-order valence-electron chi connectivity index (χ3n) is 7.23. The fourth-order valence-corrected chi connectivity index (χ4v) is 6.93. The van der Waals surface area contributed by atoms with Crippen molar-refractivity contribution in [2.75, 3.05) is 30.3 Å². The second-order valence-electron chi connectivity index (χ2n) is 8.90. The maximum absolute atomic E-state index is 13.2. The van der Waals surface area contributed by atoms with Crippen molar-refractivity contribution < 1.29 is 9.18 Å². The van der Waals surface area contributed by atoms with Gasteiger partial charge in [-0.3, -0.25) is 4.79 Å². The first-order valence-electron chi connectivity index (χ1n) is 11.1. The Balaban J connectivity index is 1.41. The van der Waals surface area contributed by atoms with Crippen LogP contribution in [0.4, 0.5) is 10.1 Å². The highest BCUT2D eigenvalue weighted by molar-refractivity contribution is 7.99. The number of thioether (sulfide) groups is 1. The minimum absolute atomic E-state index is 0.115. The molecular formula is C25H29FN2OS. The molecule has 0 spiro atoms. The molecule has 5 heteroatoms. The summed E-state index contributed by atoms with van der Waals surface area (Å²) in [5.41, 5.74) is 5.11. The van der Waals surface area contributed by atoms with Gasteiger partial charge >= 0.3 is 0 Å². The lowest BCUT2D eigenvalue weighted by Gasteiger charge is -2.47. The third kappa shape index (κ3) is 3.27. The molecule has 3 nitrogen and oxygen atoms in total. The van der Waals surface area contributed by atoms with Crippen molar-refractivity contribution in [3.63, 3.8) is 0 Å². The number of nitrogens with one attached hydrogen (secondary N) is 1. The Labute approximate surface area is 182 Å². The van der Waals surface area contributed by atoms with Gasteiger partial charge in [0.15, 0.2) is 5.78 Å². The predicted molar refractivity (Wildman–Crippen MR) is 121 cm³/mol.